The van der Waals surface area contributed by atoms with Crippen LogP contribution in [0.5, 0.6) is 0 Å². The Labute approximate surface area is 194 Å². The highest BCUT2D eigenvalue weighted by molar-refractivity contribution is 5.96. The van der Waals surface area contributed by atoms with Gasteiger partial charge in [-0.25, -0.2) is 15.0 Å². The number of aromatic nitrogens is 4. The average Bonchev–Trinajstić information content (AvgIpc) is 3.20. The maximum absolute atomic E-state index is 13.1. The van der Waals surface area contributed by atoms with Crippen LogP contribution in [-0.4, -0.2) is 62.8 Å². The van der Waals surface area contributed by atoms with Crippen molar-refractivity contribution in [2.45, 2.75) is 32.9 Å². The number of alkyl halides is 3. The number of likely N-dealkylation sites (N-methyl/N-ethyl adjacent to an activating group) is 2. The Hall–Kier alpha value is -3.54. The number of fused-ring (bicyclic) bond motifs is 1. The van der Waals surface area contributed by atoms with Gasteiger partial charge in [0.05, 0.1) is 17.6 Å². The van der Waals surface area contributed by atoms with Gasteiger partial charge in [-0.2, -0.15) is 13.2 Å². The van der Waals surface area contributed by atoms with Gasteiger partial charge in [-0.1, -0.05) is 13.8 Å². The van der Waals surface area contributed by atoms with Gasteiger partial charge in [0.2, 0.25) is 11.8 Å². The van der Waals surface area contributed by atoms with E-state index in [9.17, 15) is 22.8 Å². The fraction of sp³-hybridized carbons (Fsp3) is 0.409. The number of nitrogens with two attached hydrogens (primary N) is 1. The summed E-state index contributed by atoms with van der Waals surface area (Å²) in [5.41, 5.74) is 5.84. The van der Waals surface area contributed by atoms with Gasteiger partial charge >= 0.3 is 6.18 Å². The third-order valence-corrected chi connectivity index (χ3v) is 5.45. The Kier molecular flexibility index (Phi) is 7.50. The molecule has 34 heavy (non-hydrogen) atoms. The van der Waals surface area contributed by atoms with Gasteiger partial charge in [0.15, 0.2) is 5.92 Å². The number of amides is 2. The molecule has 0 fully saturated rings. The van der Waals surface area contributed by atoms with Crippen LogP contribution in [0.1, 0.15) is 44.0 Å². The smallest absolute Gasteiger partial charge is 0.369 e. The lowest BCUT2D eigenvalue weighted by Gasteiger charge is -2.25. The Morgan fingerprint density at radius 1 is 1.09 bits per heavy atom. The Balaban J connectivity index is 1.97. The van der Waals surface area contributed by atoms with Crippen LogP contribution in [0.15, 0.2) is 30.5 Å². The number of carbonyl (C=O) groups is 2. The molecule has 1 unspecified atom stereocenters. The molecule has 1 atom stereocenters. The highest BCUT2D eigenvalue weighted by atomic mass is 19.4. The quantitative estimate of drug-likeness (QED) is 0.489. The first-order valence-electron chi connectivity index (χ1n) is 10.8. The largest absolute Gasteiger partial charge is 0.433 e. The summed E-state index contributed by atoms with van der Waals surface area (Å²) in [6.45, 7) is 8.02. The van der Waals surface area contributed by atoms with Crippen molar-refractivity contribution in [3.05, 3.63) is 47.8 Å². The van der Waals surface area contributed by atoms with Crippen LogP contribution in [0.2, 0.25) is 0 Å². The summed E-state index contributed by atoms with van der Waals surface area (Å²) in [7, 11) is 0. The third kappa shape index (κ3) is 5.33. The van der Waals surface area contributed by atoms with E-state index in [0.717, 1.165) is 19.3 Å². The van der Waals surface area contributed by atoms with Gasteiger partial charge < -0.3 is 15.6 Å². The number of benzene rings is 1. The Morgan fingerprint density at radius 3 is 2.38 bits per heavy atom. The molecule has 0 aliphatic carbocycles. The Bertz CT molecular complexity index is 1170. The first kappa shape index (κ1) is 25.1. The zero-order valence-corrected chi connectivity index (χ0v) is 19.1. The molecule has 0 spiro atoms. The number of nitrogens with zero attached hydrogens (tertiary/aromatic N) is 5. The van der Waals surface area contributed by atoms with E-state index in [1.807, 2.05) is 25.7 Å². The van der Waals surface area contributed by atoms with Crippen LogP contribution in [0.25, 0.3) is 11.0 Å². The van der Waals surface area contributed by atoms with Gasteiger partial charge in [-0.3, -0.25) is 14.5 Å². The predicted octanol–water partition coefficient (Wildman–Crippen LogP) is 2.68. The molecule has 0 saturated heterocycles. The third-order valence-electron chi connectivity index (χ3n) is 5.45. The SMILES string of the molecule is CCN(CC)CC(=O)N(CC)c1ccc2nc(C(C(N)=O)c3nccc(C(F)(F)F)n3)[nH]c2c1. The molecule has 0 bridgehead atoms. The second-order valence-corrected chi connectivity index (χ2v) is 7.56. The minimum absolute atomic E-state index is 0.0106. The molecule has 3 N–H and O–H groups in total. The van der Waals surface area contributed by atoms with Gasteiger partial charge in [-0.15, -0.1) is 0 Å². The van der Waals surface area contributed by atoms with Crippen molar-refractivity contribution < 1.29 is 22.8 Å². The molecule has 0 radical (unpaired) electrons. The normalized spacial score (nSPS) is 12.8. The van der Waals surface area contributed by atoms with E-state index < -0.39 is 29.5 Å². The fourth-order valence-corrected chi connectivity index (χ4v) is 3.60. The second kappa shape index (κ2) is 10.2. The predicted molar refractivity (Wildman–Crippen MR) is 120 cm³/mol. The van der Waals surface area contributed by atoms with E-state index in [-0.39, 0.29) is 18.3 Å². The van der Waals surface area contributed by atoms with Crippen molar-refractivity contribution in [2.24, 2.45) is 5.73 Å². The van der Waals surface area contributed by atoms with E-state index in [1.54, 1.807) is 23.1 Å². The summed E-state index contributed by atoms with van der Waals surface area (Å²) in [6, 6.07) is 5.78. The molecule has 2 aromatic heterocycles. The molecule has 3 aromatic rings. The zero-order valence-electron chi connectivity index (χ0n) is 19.1. The van der Waals surface area contributed by atoms with E-state index in [4.69, 9.17) is 5.73 Å². The van der Waals surface area contributed by atoms with E-state index in [0.29, 0.717) is 29.3 Å². The lowest BCUT2D eigenvalue weighted by Crippen LogP contribution is -2.40. The number of H-pyrrole nitrogens is 1. The number of primary amides is 1. The number of halogens is 3. The van der Waals surface area contributed by atoms with Crippen molar-refractivity contribution in [3.8, 4) is 0 Å². The van der Waals surface area contributed by atoms with Crippen LogP contribution in [-0.2, 0) is 15.8 Å². The molecule has 0 saturated carbocycles. The van der Waals surface area contributed by atoms with Gasteiger partial charge in [-0.05, 0) is 44.3 Å². The highest BCUT2D eigenvalue weighted by Crippen LogP contribution is 2.30. The molecule has 0 aliphatic heterocycles. The maximum atomic E-state index is 13.1. The number of nitrogens with one attached hydrogen (secondary N) is 1. The second-order valence-electron chi connectivity index (χ2n) is 7.56. The molecule has 1 aromatic carbocycles. The van der Waals surface area contributed by atoms with E-state index in [1.165, 1.54) is 0 Å². The maximum Gasteiger partial charge on any atom is 0.433 e. The van der Waals surface area contributed by atoms with E-state index in [2.05, 4.69) is 19.9 Å². The van der Waals surface area contributed by atoms with Crippen LogP contribution < -0.4 is 10.6 Å². The molecular formula is C22H26F3N7O2. The minimum atomic E-state index is -4.70. The van der Waals surface area contributed by atoms with Crippen molar-refractivity contribution >= 4 is 28.5 Å². The summed E-state index contributed by atoms with van der Waals surface area (Å²) in [6.07, 6.45) is -3.79. The number of aromatic amines is 1. The first-order valence-corrected chi connectivity index (χ1v) is 10.8. The number of carbonyl (C=O) groups excluding carboxylic acids is 2. The molecule has 12 heteroatoms. The molecule has 2 amide bonds. The van der Waals surface area contributed by atoms with Crippen LogP contribution >= 0.6 is 0 Å². The molecule has 0 aliphatic rings. The van der Waals surface area contributed by atoms with Gasteiger partial charge in [0.25, 0.3) is 0 Å². The number of anilines is 1. The van der Waals surface area contributed by atoms with Crippen molar-refractivity contribution in [2.75, 3.05) is 31.1 Å². The summed E-state index contributed by atoms with van der Waals surface area (Å²) in [5, 5.41) is 0. The molecule has 9 nitrogen and oxygen atoms in total. The number of hydrogen-bond donors (Lipinski definition) is 2. The summed E-state index contributed by atoms with van der Waals surface area (Å²) >= 11 is 0. The van der Waals surface area contributed by atoms with Gasteiger partial charge in [0, 0.05) is 18.4 Å². The first-order chi connectivity index (χ1) is 16.1. The number of imidazole rings is 1. The monoisotopic (exact) mass is 477 g/mol. The molecular weight excluding hydrogens is 451 g/mol. The molecule has 182 valence electrons. The van der Waals surface area contributed by atoms with Crippen LogP contribution in [0.4, 0.5) is 18.9 Å². The molecule has 3 rings (SSSR count). The zero-order chi connectivity index (χ0) is 25.0. The Morgan fingerprint density at radius 2 is 1.79 bits per heavy atom. The van der Waals surface area contributed by atoms with Crippen molar-refractivity contribution in [1.29, 1.82) is 0 Å². The van der Waals surface area contributed by atoms with Gasteiger partial charge in [0.1, 0.15) is 17.3 Å². The van der Waals surface area contributed by atoms with Crippen LogP contribution in [0, 0.1) is 0 Å². The van der Waals surface area contributed by atoms with Crippen molar-refractivity contribution in [3.63, 3.8) is 0 Å². The summed E-state index contributed by atoms with van der Waals surface area (Å²) in [4.78, 5) is 43.2. The lowest BCUT2D eigenvalue weighted by atomic mass is 10.1. The van der Waals surface area contributed by atoms with Crippen molar-refractivity contribution in [1.82, 2.24) is 24.8 Å². The standard InChI is InChI=1S/C22H26F3N7O2/c1-4-31(5-2)12-17(33)32(6-3)13-7-8-14-15(11-13)29-21(28-14)18(19(26)34)20-27-10-9-16(30-20)22(23,24)25/h7-11,18H,4-6,12H2,1-3H3,(H2,26,34)(H,28,29). The topological polar surface area (TPSA) is 121 Å². The number of hydrogen-bond acceptors (Lipinski definition) is 6. The molecule has 2 heterocycles. The summed E-state index contributed by atoms with van der Waals surface area (Å²) < 4.78 is 39.2. The fourth-order valence-electron chi connectivity index (χ4n) is 3.60. The summed E-state index contributed by atoms with van der Waals surface area (Å²) in [5.74, 6) is -2.84. The van der Waals surface area contributed by atoms with Crippen LogP contribution in [0.3, 0.4) is 0 Å². The lowest BCUT2D eigenvalue weighted by molar-refractivity contribution is -0.141. The highest BCUT2D eigenvalue weighted by Gasteiger charge is 2.35. The number of rotatable bonds is 9. The van der Waals surface area contributed by atoms with E-state index >= 15 is 0 Å². The minimum Gasteiger partial charge on any atom is -0.369 e. The average molecular weight is 477 g/mol.